The second-order valence-corrected chi connectivity index (χ2v) is 6.51. The Kier molecular flexibility index (Phi) is 6.50. The van der Waals surface area contributed by atoms with Crippen molar-refractivity contribution >= 4 is 21.6 Å². The third-order valence-electron chi connectivity index (χ3n) is 2.85. The smallest absolute Gasteiger partial charge is 0.243 e. The molecule has 0 saturated carbocycles. The maximum Gasteiger partial charge on any atom is 0.243 e. The molecule has 4 nitrogen and oxygen atoms in total. The van der Waals surface area contributed by atoms with Crippen molar-refractivity contribution in [2.24, 2.45) is 0 Å². The molecule has 0 radical (unpaired) electrons. The first-order valence-electron chi connectivity index (χ1n) is 6.40. The Labute approximate surface area is 126 Å². The third-order valence-corrected chi connectivity index (χ3v) is 5.12. The third kappa shape index (κ3) is 3.97. The summed E-state index contributed by atoms with van der Waals surface area (Å²) in [6.45, 7) is 5.54. The van der Waals surface area contributed by atoms with Crippen LogP contribution in [-0.4, -0.2) is 32.4 Å². The summed E-state index contributed by atoms with van der Waals surface area (Å²) in [7, 11) is -3.59. The molecule has 1 rings (SSSR count). The lowest BCUT2D eigenvalue weighted by atomic mass is 10.2. The van der Waals surface area contributed by atoms with Gasteiger partial charge in [0.15, 0.2) is 0 Å². The van der Waals surface area contributed by atoms with Crippen LogP contribution in [0.1, 0.15) is 19.4 Å². The van der Waals surface area contributed by atoms with Crippen LogP contribution in [0.25, 0.3) is 0 Å². The molecule has 20 heavy (non-hydrogen) atoms. The lowest BCUT2D eigenvalue weighted by molar-refractivity contribution is 0.464. The van der Waals surface area contributed by atoms with Crippen molar-refractivity contribution in [3.63, 3.8) is 0 Å². The largest absolute Gasteiger partial charge is 0.313 e. The van der Waals surface area contributed by atoms with Crippen LogP contribution in [0, 0.1) is 12.3 Å². The van der Waals surface area contributed by atoms with Crippen molar-refractivity contribution in [2.45, 2.75) is 25.3 Å². The highest BCUT2D eigenvalue weighted by molar-refractivity contribution is 7.89. The number of halogens is 1. The zero-order valence-corrected chi connectivity index (χ0v) is 13.3. The number of nitrogens with one attached hydrogen (secondary N) is 1. The zero-order valence-electron chi connectivity index (χ0n) is 11.7. The van der Waals surface area contributed by atoms with Gasteiger partial charge in [0.25, 0.3) is 0 Å². The van der Waals surface area contributed by atoms with E-state index in [2.05, 4.69) is 11.2 Å². The summed E-state index contributed by atoms with van der Waals surface area (Å²) in [5, 5.41) is 3.58. The number of rotatable bonds is 7. The monoisotopic (exact) mass is 314 g/mol. The van der Waals surface area contributed by atoms with Crippen LogP contribution in [-0.2, 0) is 16.6 Å². The van der Waals surface area contributed by atoms with E-state index in [-0.39, 0.29) is 11.4 Å². The summed E-state index contributed by atoms with van der Waals surface area (Å²) >= 11 is 6.13. The molecule has 0 atom stereocenters. The Bertz CT molecular complexity index is 594. The van der Waals surface area contributed by atoms with E-state index in [9.17, 15) is 8.42 Å². The Hall–Kier alpha value is -1.06. The van der Waals surface area contributed by atoms with E-state index in [0.29, 0.717) is 18.1 Å². The number of benzene rings is 1. The maximum atomic E-state index is 12.4. The fourth-order valence-electron chi connectivity index (χ4n) is 1.71. The normalized spacial score (nSPS) is 11.6. The van der Waals surface area contributed by atoms with Gasteiger partial charge >= 0.3 is 0 Å². The van der Waals surface area contributed by atoms with Crippen LogP contribution >= 0.6 is 11.6 Å². The van der Waals surface area contributed by atoms with E-state index in [0.717, 1.165) is 12.1 Å². The molecule has 0 aliphatic heterocycles. The van der Waals surface area contributed by atoms with Crippen LogP contribution in [0.15, 0.2) is 23.1 Å². The minimum absolute atomic E-state index is 0.0512. The van der Waals surface area contributed by atoms with Gasteiger partial charge < -0.3 is 5.32 Å². The minimum Gasteiger partial charge on any atom is -0.313 e. The van der Waals surface area contributed by atoms with Crippen molar-refractivity contribution in [3.8, 4) is 12.3 Å². The second kappa shape index (κ2) is 7.65. The standard InChI is InChI=1S/C14H19ClN2O2S/c1-4-9-17(6-3)20(18,19)13-8-7-12(11-16-5-2)14(15)10-13/h1,7-8,10,16H,5-6,9,11H2,2-3H3. The summed E-state index contributed by atoms with van der Waals surface area (Å²) in [5.41, 5.74) is 0.868. The molecule has 0 aliphatic carbocycles. The molecule has 6 heteroatoms. The van der Waals surface area contributed by atoms with Crippen molar-refractivity contribution in [2.75, 3.05) is 19.6 Å². The molecule has 0 saturated heterocycles. The number of sulfonamides is 1. The van der Waals surface area contributed by atoms with Crippen LogP contribution in [0.2, 0.25) is 5.02 Å². The maximum absolute atomic E-state index is 12.4. The summed E-state index contributed by atoms with van der Waals surface area (Å²) < 4.78 is 26.0. The molecular weight excluding hydrogens is 296 g/mol. The van der Waals surface area contributed by atoms with Gasteiger partial charge in [0, 0.05) is 18.1 Å². The molecule has 1 N–H and O–H groups in total. The van der Waals surface area contributed by atoms with Gasteiger partial charge in [-0.2, -0.15) is 4.31 Å². The average molecular weight is 315 g/mol. The van der Waals surface area contributed by atoms with Crippen LogP contribution < -0.4 is 5.32 Å². The molecule has 110 valence electrons. The van der Waals surface area contributed by atoms with Gasteiger partial charge in [0.05, 0.1) is 11.4 Å². The predicted octanol–water partition coefficient (Wildman–Crippen LogP) is 2.09. The van der Waals surface area contributed by atoms with Gasteiger partial charge in [0.2, 0.25) is 10.0 Å². The molecule has 0 amide bonds. The van der Waals surface area contributed by atoms with Crippen molar-refractivity contribution in [1.82, 2.24) is 9.62 Å². The zero-order chi connectivity index (χ0) is 15.2. The molecule has 0 unspecified atom stereocenters. The molecule has 1 aromatic rings. The Balaban J connectivity index is 3.08. The summed E-state index contributed by atoms with van der Waals surface area (Å²) in [6.07, 6.45) is 5.20. The van der Waals surface area contributed by atoms with Crippen molar-refractivity contribution in [3.05, 3.63) is 28.8 Å². The van der Waals surface area contributed by atoms with E-state index in [1.54, 1.807) is 19.1 Å². The molecule has 0 heterocycles. The molecule has 0 spiro atoms. The summed E-state index contributed by atoms with van der Waals surface area (Å²) in [6, 6.07) is 4.76. The first-order valence-corrected chi connectivity index (χ1v) is 8.21. The number of nitrogens with zero attached hydrogens (tertiary/aromatic N) is 1. The number of terminal acetylenes is 1. The molecule has 0 fully saturated rings. The first-order chi connectivity index (χ1) is 9.47. The quantitative estimate of drug-likeness (QED) is 0.784. The predicted molar refractivity (Wildman–Crippen MR) is 82.1 cm³/mol. The molecule has 0 aromatic heterocycles. The highest BCUT2D eigenvalue weighted by atomic mass is 35.5. The lowest BCUT2D eigenvalue weighted by Gasteiger charge is -2.18. The van der Waals surface area contributed by atoms with Crippen LogP contribution in [0.3, 0.4) is 0 Å². The van der Waals surface area contributed by atoms with Gasteiger partial charge in [-0.05, 0) is 24.2 Å². The van der Waals surface area contributed by atoms with E-state index in [1.807, 2.05) is 6.92 Å². The Morgan fingerprint density at radius 2 is 2.10 bits per heavy atom. The van der Waals surface area contributed by atoms with E-state index in [4.69, 9.17) is 18.0 Å². The average Bonchev–Trinajstić information content (AvgIpc) is 2.43. The van der Waals surface area contributed by atoms with Gasteiger partial charge in [-0.3, -0.25) is 0 Å². The Morgan fingerprint density at radius 3 is 2.60 bits per heavy atom. The lowest BCUT2D eigenvalue weighted by Crippen LogP contribution is -2.31. The van der Waals surface area contributed by atoms with Gasteiger partial charge in [-0.15, -0.1) is 6.42 Å². The van der Waals surface area contributed by atoms with Crippen molar-refractivity contribution in [1.29, 1.82) is 0 Å². The van der Waals surface area contributed by atoms with Crippen molar-refractivity contribution < 1.29 is 8.42 Å². The highest BCUT2D eigenvalue weighted by Gasteiger charge is 2.22. The van der Waals surface area contributed by atoms with Crippen LogP contribution in [0.5, 0.6) is 0 Å². The Morgan fingerprint density at radius 1 is 1.40 bits per heavy atom. The number of hydrogen-bond donors (Lipinski definition) is 1. The van der Waals surface area contributed by atoms with E-state index >= 15 is 0 Å². The molecule has 1 aromatic carbocycles. The fraction of sp³-hybridized carbons (Fsp3) is 0.429. The topological polar surface area (TPSA) is 49.4 Å². The first kappa shape index (κ1) is 17.0. The highest BCUT2D eigenvalue weighted by Crippen LogP contribution is 2.23. The minimum atomic E-state index is -3.59. The van der Waals surface area contributed by atoms with Gasteiger partial charge in [0.1, 0.15) is 0 Å². The molecular formula is C14H19ClN2O2S. The van der Waals surface area contributed by atoms with Gasteiger partial charge in [-0.25, -0.2) is 8.42 Å². The van der Waals surface area contributed by atoms with Crippen LogP contribution in [0.4, 0.5) is 0 Å². The number of hydrogen-bond acceptors (Lipinski definition) is 3. The summed E-state index contributed by atoms with van der Waals surface area (Å²) in [5.74, 6) is 2.35. The fourth-order valence-corrected chi connectivity index (χ4v) is 3.41. The van der Waals surface area contributed by atoms with E-state index < -0.39 is 10.0 Å². The molecule has 0 bridgehead atoms. The second-order valence-electron chi connectivity index (χ2n) is 4.17. The summed E-state index contributed by atoms with van der Waals surface area (Å²) in [4.78, 5) is 0.167. The van der Waals surface area contributed by atoms with E-state index in [1.165, 1.54) is 10.4 Å². The SMILES string of the molecule is C#CCN(CC)S(=O)(=O)c1ccc(CNCC)c(Cl)c1. The molecule has 0 aliphatic rings. The van der Waals surface area contributed by atoms with Gasteiger partial charge in [-0.1, -0.05) is 37.4 Å².